The molecular formula is C28H37ClN6O4. The highest BCUT2D eigenvalue weighted by Crippen LogP contribution is 2.17. The number of amides is 1. The first kappa shape index (κ1) is 27.9. The van der Waals surface area contributed by atoms with Crippen molar-refractivity contribution >= 4 is 29.5 Å². The molecule has 5 rings (SSSR count). The van der Waals surface area contributed by atoms with Crippen molar-refractivity contribution in [2.75, 3.05) is 70.5 Å². The second-order valence-corrected chi connectivity index (χ2v) is 10.5. The molecule has 2 atom stereocenters. The molecule has 3 fully saturated rings. The molecule has 10 nitrogen and oxygen atoms in total. The Labute approximate surface area is 234 Å². The summed E-state index contributed by atoms with van der Waals surface area (Å²) in [6, 6.07) is 8.20. The van der Waals surface area contributed by atoms with Gasteiger partial charge in [-0.25, -0.2) is 20.3 Å². The molecule has 1 aromatic carbocycles. The van der Waals surface area contributed by atoms with Crippen LogP contribution in [0.5, 0.6) is 0 Å². The highest BCUT2D eigenvalue weighted by molar-refractivity contribution is 6.30. The molecule has 0 saturated carbocycles. The van der Waals surface area contributed by atoms with E-state index < -0.39 is 6.29 Å². The van der Waals surface area contributed by atoms with Crippen LogP contribution < -0.4 is 10.4 Å². The van der Waals surface area contributed by atoms with Gasteiger partial charge in [0.2, 0.25) is 5.95 Å². The van der Waals surface area contributed by atoms with Crippen LogP contribution >= 0.6 is 11.6 Å². The molecule has 3 saturated heterocycles. The minimum atomic E-state index is -0.396. The van der Waals surface area contributed by atoms with Crippen molar-refractivity contribution < 1.29 is 19.1 Å². The molecule has 210 valence electrons. The predicted molar refractivity (Wildman–Crippen MR) is 149 cm³/mol. The number of nitrogens with zero attached hydrogens (tertiary/aromatic N) is 5. The average Bonchev–Trinajstić information content (AvgIpc) is 3.00. The standard InChI is InChI=1S/C28H37ClN6O4/c29-24-7-4-22(5-8-24)6-9-25(21-33-14-17-37-18-15-33)34-10-12-35(13-11-34)28-30-19-23(20-31-28)27(36)32-39-26-3-1-2-16-38-26/h4-9,19-20,25-26H,1-3,10-18,21H2,(H,32,36)/b9-6+. The zero-order valence-electron chi connectivity index (χ0n) is 22.2. The van der Waals surface area contributed by atoms with Gasteiger partial charge in [0, 0.05) is 82.3 Å². The van der Waals surface area contributed by atoms with Gasteiger partial charge < -0.3 is 14.4 Å². The van der Waals surface area contributed by atoms with E-state index in [9.17, 15) is 4.79 Å². The first-order chi connectivity index (χ1) is 19.1. The first-order valence-corrected chi connectivity index (χ1v) is 14.1. The van der Waals surface area contributed by atoms with Gasteiger partial charge in [-0.15, -0.1) is 0 Å². The van der Waals surface area contributed by atoms with Gasteiger partial charge in [0.25, 0.3) is 5.91 Å². The number of nitrogens with one attached hydrogen (secondary N) is 1. The van der Waals surface area contributed by atoms with Crippen molar-refractivity contribution in [1.82, 2.24) is 25.2 Å². The molecule has 0 spiro atoms. The Balaban J connectivity index is 1.15. The third-order valence-electron chi connectivity index (χ3n) is 7.32. The fourth-order valence-electron chi connectivity index (χ4n) is 4.98. The van der Waals surface area contributed by atoms with Crippen LogP contribution in [0.1, 0.15) is 35.2 Å². The quantitative estimate of drug-likeness (QED) is 0.468. The maximum absolute atomic E-state index is 12.4. The number of hydroxylamine groups is 1. The van der Waals surface area contributed by atoms with Crippen molar-refractivity contribution in [3.8, 4) is 0 Å². The number of piperazine rings is 1. The minimum absolute atomic E-state index is 0.279. The van der Waals surface area contributed by atoms with Crippen LogP contribution in [0.2, 0.25) is 5.02 Å². The largest absolute Gasteiger partial charge is 0.379 e. The van der Waals surface area contributed by atoms with Gasteiger partial charge in [-0.2, -0.15) is 0 Å². The van der Waals surface area contributed by atoms with Crippen LogP contribution in [-0.4, -0.2) is 104 Å². The normalized spacial score (nSPS) is 22.2. The Hall–Kier alpha value is -2.60. The number of halogens is 1. The number of rotatable bonds is 9. The van der Waals surface area contributed by atoms with Gasteiger partial charge in [0.15, 0.2) is 6.29 Å². The fourth-order valence-corrected chi connectivity index (χ4v) is 5.11. The van der Waals surface area contributed by atoms with E-state index in [-0.39, 0.29) is 11.9 Å². The van der Waals surface area contributed by atoms with Crippen LogP contribution in [0.3, 0.4) is 0 Å². The highest BCUT2D eigenvalue weighted by Gasteiger charge is 2.26. The lowest BCUT2D eigenvalue weighted by molar-refractivity contribution is -0.186. The molecule has 1 N–H and O–H groups in total. The fraction of sp³-hybridized carbons (Fsp3) is 0.536. The van der Waals surface area contributed by atoms with Crippen molar-refractivity contribution in [3.63, 3.8) is 0 Å². The van der Waals surface area contributed by atoms with E-state index in [0.717, 1.165) is 88.9 Å². The van der Waals surface area contributed by atoms with Gasteiger partial charge >= 0.3 is 0 Å². The molecule has 0 aliphatic carbocycles. The van der Waals surface area contributed by atoms with E-state index in [4.69, 9.17) is 25.9 Å². The molecule has 2 aromatic rings. The van der Waals surface area contributed by atoms with E-state index >= 15 is 0 Å². The minimum Gasteiger partial charge on any atom is -0.379 e. The summed E-state index contributed by atoms with van der Waals surface area (Å²) in [5, 5.41) is 0.742. The maximum Gasteiger partial charge on any atom is 0.278 e. The highest BCUT2D eigenvalue weighted by atomic mass is 35.5. The van der Waals surface area contributed by atoms with E-state index in [1.54, 1.807) is 12.4 Å². The van der Waals surface area contributed by atoms with Crippen LogP contribution in [0.4, 0.5) is 5.95 Å². The summed E-state index contributed by atoms with van der Waals surface area (Å²) in [7, 11) is 0. The van der Waals surface area contributed by atoms with Crippen LogP contribution in [0.15, 0.2) is 42.7 Å². The lowest BCUT2D eigenvalue weighted by Crippen LogP contribution is -2.54. The second kappa shape index (κ2) is 14.2. The summed E-state index contributed by atoms with van der Waals surface area (Å²) >= 11 is 6.06. The zero-order valence-corrected chi connectivity index (χ0v) is 23.0. The summed E-state index contributed by atoms with van der Waals surface area (Å²) in [5.41, 5.74) is 3.95. The molecule has 3 aliphatic rings. The monoisotopic (exact) mass is 556 g/mol. The molecule has 0 bridgehead atoms. The number of anilines is 1. The number of benzene rings is 1. The Kier molecular flexibility index (Phi) is 10.1. The number of hydrogen-bond donors (Lipinski definition) is 1. The molecule has 11 heteroatoms. The SMILES string of the molecule is O=C(NOC1CCCCO1)c1cnc(N2CCN(C(/C=C/c3ccc(Cl)cc3)CN3CCOCC3)CC2)nc1. The molecule has 1 amide bonds. The molecule has 3 aliphatic heterocycles. The van der Waals surface area contributed by atoms with E-state index in [1.165, 1.54) is 0 Å². The lowest BCUT2D eigenvalue weighted by Gasteiger charge is -2.40. The van der Waals surface area contributed by atoms with E-state index in [0.29, 0.717) is 18.1 Å². The van der Waals surface area contributed by atoms with E-state index in [1.807, 2.05) is 24.3 Å². The molecule has 1 aromatic heterocycles. The molecule has 0 radical (unpaired) electrons. The van der Waals surface area contributed by atoms with Crippen LogP contribution in [0.25, 0.3) is 6.08 Å². The summed E-state index contributed by atoms with van der Waals surface area (Å²) in [6.45, 7) is 8.49. The Bertz CT molecular complexity index is 1070. The van der Waals surface area contributed by atoms with Crippen LogP contribution in [-0.2, 0) is 14.3 Å². The molecular weight excluding hydrogens is 520 g/mol. The summed E-state index contributed by atoms with van der Waals surface area (Å²) in [4.78, 5) is 33.9. The number of hydrogen-bond acceptors (Lipinski definition) is 9. The lowest BCUT2D eigenvalue weighted by atomic mass is 10.1. The van der Waals surface area contributed by atoms with Gasteiger partial charge in [-0.3, -0.25) is 14.6 Å². The van der Waals surface area contributed by atoms with Crippen molar-refractivity contribution in [2.24, 2.45) is 0 Å². The smallest absolute Gasteiger partial charge is 0.278 e. The van der Waals surface area contributed by atoms with Crippen LogP contribution in [0, 0.1) is 0 Å². The first-order valence-electron chi connectivity index (χ1n) is 13.8. The number of morpholine rings is 1. The number of carbonyl (C=O) groups excluding carboxylic acids is 1. The summed E-state index contributed by atoms with van der Waals surface area (Å²) in [6.07, 6.45) is 10.0. The summed E-state index contributed by atoms with van der Waals surface area (Å²) < 4.78 is 11.0. The van der Waals surface area contributed by atoms with Gasteiger partial charge in [-0.05, 0) is 30.5 Å². The molecule has 2 unspecified atom stereocenters. The average molecular weight is 557 g/mol. The topological polar surface area (TPSA) is 92.3 Å². The third kappa shape index (κ3) is 8.20. The number of aromatic nitrogens is 2. The molecule has 39 heavy (non-hydrogen) atoms. The number of ether oxygens (including phenoxy) is 2. The Morgan fingerprint density at radius 2 is 1.79 bits per heavy atom. The van der Waals surface area contributed by atoms with E-state index in [2.05, 4.69) is 42.3 Å². The maximum atomic E-state index is 12.4. The third-order valence-corrected chi connectivity index (χ3v) is 7.57. The second-order valence-electron chi connectivity index (χ2n) is 10.0. The predicted octanol–water partition coefficient (Wildman–Crippen LogP) is 2.85. The Morgan fingerprint density at radius 3 is 2.49 bits per heavy atom. The number of carbonyl (C=O) groups is 1. The van der Waals surface area contributed by atoms with Gasteiger partial charge in [-0.1, -0.05) is 35.9 Å². The summed E-state index contributed by atoms with van der Waals surface area (Å²) in [5.74, 6) is 0.253. The van der Waals surface area contributed by atoms with Gasteiger partial charge in [0.1, 0.15) is 0 Å². The van der Waals surface area contributed by atoms with Crippen molar-refractivity contribution in [1.29, 1.82) is 0 Å². The Morgan fingerprint density at radius 1 is 1.05 bits per heavy atom. The molecule has 4 heterocycles. The van der Waals surface area contributed by atoms with Crippen molar-refractivity contribution in [3.05, 3.63) is 58.9 Å². The zero-order chi connectivity index (χ0) is 26.9. The van der Waals surface area contributed by atoms with Gasteiger partial charge in [0.05, 0.1) is 18.8 Å². The van der Waals surface area contributed by atoms with Crippen molar-refractivity contribution in [2.45, 2.75) is 31.6 Å².